The monoisotopic (exact) mass is 846 g/mol. The molecule has 2 fully saturated rings. The number of aliphatic carboxylic acids is 1. The molecule has 2 aromatic heterocycles. The molecule has 0 spiro atoms. The van der Waals surface area contributed by atoms with Gasteiger partial charge >= 0.3 is 24.5 Å². The summed E-state index contributed by atoms with van der Waals surface area (Å²) in [4.78, 5) is 72.8. The SMILES string of the molecule is CC1(N)CC1.Cl.O=C(O)Cn1c(CCCC(F)(F)F)nc(Cl)c(F)c1=O.O=C=O.[C-]#[N+]C1(CC(=O)Cn2c(CCCC(F)(F)F)nc(Cl)c(F)c2=O)CC1. The van der Waals surface area contributed by atoms with Crippen LogP contribution in [0.4, 0.5) is 35.1 Å². The van der Waals surface area contributed by atoms with Crippen molar-refractivity contribution in [3.8, 4) is 0 Å². The minimum Gasteiger partial charge on any atom is -0.480 e. The number of nitrogens with zero attached hydrogens (tertiary/aromatic N) is 5. The van der Waals surface area contributed by atoms with Gasteiger partial charge in [0.2, 0.25) is 17.2 Å². The van der Waals surface area contributed by atoms with Gasteiger partial charge in [-0.3, -0.25) is 28.3 Å². The van der Waals surface area contributed by atoms with Gasteiger partial charge in [-0.1, -0.05) is 23.2 Å². The van der Waals surface area contributed by atoms with E-state index >= 15 is 0 Å². The zero-order chi connectivity index (χ0) is 40.9. The fourth-order valence-electron chi connectivity index (χ4n) is 4.10. The van der Waals surface area contributed by atoms with Crippen LogP contribution in [0.3, 0.4) is 0 Å². The quantitative estimate of drug-likeness (QED) is 0.153. The lowest BCUT2D eigenvalue weighted by Gasteiger charge is -2.13. The van der Waals surface area contributed by atoms with E-state index in [9.17, 15) is 54.3 Å². The van der Waals surface area contributed by atoms with Crippen LogP contribution in [0.25, 0.3) is 4.85 Å². The first kappa shape index (κ1) is 50.0. The van der Waals surface area contributed by atoms with Crippen molar-refractivity contribution >= 4 is 53.5 Å². The molecule has 24 heteroatoms. The summed E-state index contributed by atoms with van der Waals surface area (Å²) in [6.45, 7) is 7.68. The van der Waals surface area contributed by atoms with Crippen LogP contribution < -0.4 is 16.9 Å². The summed E-state index contributed by atoms with van der Waals surface area (Å²) >= 11 is 10.8. The molecule has 0 aromatic carbocycles. The molecule has 2 heterocycles. The van der Waals surface area contributed by atoms with E-state index in [0.29, 0.717) is 22.0 Å². The summed E-state index contributed by atoms with van der Waals surface area (Å²) in [5.41, 5.74) is 2.43. The van der Waals surface area contributed by atoms with E-state index in [1.807, 2.05) is 0 Å². The summed E-state index contributed by atoms with van der Waals surface area (Å²) in [6.07, 6.45) is -8.66. The molecular formula is C30H33Cl3F8N6O7. The third-order valence-corrected chi connectivity index (χ3v) is 7.78. The molecule has 3 N–H and O–H groups in total. The predicted molar refractivity (Wildman–Crippen MR) is 175 cm³/mol. The second-order valence-corrected chi connectivity index (χ2v) is 12.9. The highest BCUT2D eigenvalue weighted by molar-refractivity contribution is 6.29. The lowest BCUT2D eigenvalue weighted by atomic mass is 10.1. The number of aromatic nitrogens is 4. The van der Waals surface area contributed by atoms with Crippen LogP contribution in [0, 0.1) is 18.2 Å². The van der Waals surface area contributed by atoms with Gasteiger partial charge in [0.25, 0.3) is 11.1 Å². The maximum Gasteiger partial charge on any atom is 0.389 e. The van der Waals surface area contributed by atoms with Gasteiger partial charge in [0.15, 0.2) is 16.1 Å². The average molecular weight is 848 g/mol. The molecule has 54 heavy (non-hydrogen) atoms. The van der Waals surface area contributed by atoms with Crippen LogP contribution in [-0.2, 0) is 45.1 Å². The fraction of sp³-hybridized carbons (Fsp3) is 0.600. The number of carboxylic acid groups (broad SMARTS) is 1. The lowest BCUT2D eigenvalue weighted by Crippen LogP contribution is -2.32. The molecule has 2 aromatic rings. The average Bonchev–Trinajstić information content (AvgIpc) is 3.96. The van der Waals surface area contributed by atoms with Crippen molar-refractivity contribution < 1.29 is 59.4 Å². The molecule has 0 amide bonds. The van der Waals surface area contributed by atoms with Gasteiger partial charge in [-0.15, -0.1) is 12.4 Å². The van der Waals surface area contributed by atoms with E-state index in [1.165, 1.54) is 12.8 Å². The molecule has 2 aliphatic carbocycles. The van der Waals surface area contributed by atoms with Crippen LogP contribution >= 0.6 is 35.6 Å². The zero-order valence-electron chi connectivity index (χ0n) is 28.1. The second-order valence-electron chi connectivity index (χ2n) is 12.2. The zero-order valence-corrected chi connectivity index (χ0v) is 30.4. The molecule has 0 saturated heterocycles. The Kier molecular flexibility index (Phi) is 19.7. The molecule has 0 radical (unpaired) electrons. The number of carbonyl (C=O) groups is 2. The molecule has 2 saturated carbocycles. The standard InChI is InChI=1S/C15H14ClF4N3O2.C10H9ClF4N2O3.C4H9N.CO2.ClH/c1-21-14(5-6-14)7-9(24)8-23-10(3-2-4-15(18,19)20)22-12(16)11(17)13(23)25;11-8-7(12)9(20)17(4-6(18)19)5(16-8)2-1-3-10(13,14)15;1-4(5)2-3-4;2-1-3;/h2-8H2;1-4H2,(H,18,19);2-3,5H2,1H3;;1H. The minimum atomic E-state index is -4.39. The largest absolute Gasteiger partial charge is 0.480 e. The number of halogens is 11. The van der Waals surface area contributed by atoms with Crippen molar-refractivity contribution in [3.63, 3.8) is 0 Å². The highest BCUT2D eigenvalue weighted by atomic mass is 35.5. The molecule has 2 aliphatic rings. The Morgan fingerprint density at radius 1 is 0.870 bits per heavy atom. The van der Waals surface area contributed by atoms with Crippen LogP contribution in [-0.4, -0.2) is 65.5 Å². The van der Waals surface area contributed by atoms with Gasteiger partial charge in [-0.25, -0.2) is 16.5 Å². The first-order chi connectivity index (χ1) is 24.3. The van der Waals surface area contributed by atoms with Crippen molar-refractivity contribution in [2.45, 2.75) is 114 Å². The van der Waals surface area contributed by atoms with E-state index in [4.69, 9.17) is 50.2 Å². The number of carboxylic acids is 1. The minimum absolute atomic E-state index is 0. The first-order valence-corrected chi connectivity index (χ1v) is 16.0. The molecule has 13 nitrogen and oxygen atoms in total. The van der Waals surface area contributed by atoms with E-state index in [0.717, 1.165) is 0 Å². The predicted octanol–water partition coefficient (Wildman–Crippen LogP) is 5.67. The number of ketones is 1. The topological polar surface area (TPSA) is 189 Å². The number of hydrogen-bond acceptors (Lipinski definition) is 9. The number of Topliss-reactive ketones (excluding diaryl/α,β-unsaturated/α-hetero) is 1. The first-order valence-electron chi connectivity index (χ1n) is 15.2. The van der Waals surface area contributed by atoms with Crippen molar-refractivity contribution in [3.05, 3.63) is 65.7 Å². The number of alkyl halides is 6. The third-order valence-electron chi connectivity index (χ3n) is 7.28. The number of rotatable bonds is 12. The van der Waals surface area contributed by atoms with Crippen molar-refractivity contribution in [1.82, 2.24) is 19.1 Å². The second kappa shape index (κ2) is 21.2. The van der Waals surface area contributed by atoms with Crippen LogP contribution in [0.2, 0.25) is 10.3 Å². The Labute approximate surface area is 317 Å². The lowest BCUT2D eigenvalue weighted by molar-refractivity contribution is -0.191. The number of nitrogens with two attached hydrogens (primary N) is 1. The molecule has 0 bridgehead atoms. The molecular weight excluding hydrogens is 815 g/mol. The van der Waals surface area contributed by atoms with E-state index in [1.54, 1.807) is 0 Å². The highest BCUT2D eigenvalue weighted by Crippen LogP contribution is 2.43. The van der Waals surface area contributed by atoms with E-state index < -0.39 is 95.1 Å². The Morgan fingerprint density at radius 2 is 1.22 bits per heavy atom. The maximum absolute atomic E-state index is 13.7. The summed E-state index contributed by atoms with van der Waals surface area (Å²) in [5.74, 6) is -5.20. The Hall–Kier alpha value is -3.96. The summed E-state index contributed by atoms with van der Waals surface area (Å²) < 4.78 is 101. The Bertz CT molecular complexity index is 1810. The summed E-state index contributed by atoms with van der Waals surface area (Å²) in [6, 6.07) is 0. The van der Waals surface area contributed by atoms with Crippen molar-refractivity contribution in [1.29, 1.82) is 0 Å². The number of aryl methyl sites for hydroxylation is 2. The van der Waals surface area contributed by atoms with Gasteiger partial charge in [0.1, 0.15) is 18.2 Å². The van der Waals surface area contributed by atoms with Crippen LogP contribution in [0.1, 0.15) is 76.4 Å². The van der Waals surface area contributed by atoms with E-state index in [2.05, 4.69) is 21.7 Å². The fourth-order valence-corrected chi connectivity index (χ4v) is 4.46. The normalized spacial score (nSPS) is 14.5. The number of carbonyl (C=O) groups excluding carboxylic acids is 3. The summed E-state index contributed by atoms with van der Waals surface area (Å²) in [7, 11) is 0. The molecule has 0 aliphatic heterocycles. The van der Waals surface area contributed by atoms with Crippen LogP contribution in [0.5, 0.6) is 0 Å². The Balaban J connectivity index is 0.000000862. The molecule has 0 atom stereocenters. The van der Waals surface area contributed by atoms with Gasteiger partial charge in [0.05, 0.1) is 13.0 Å². The van der Waals surface area contributed by atoms with Crippen LogP contribution in [0.15, 0.2) is 9.59 Å². The summed E-state index contributed by atoms with van der Waals surface area (Å²) in [5, 5.41) is 7.07. The highest BCUT2D eigenvalue weighted by Gasteiger charge is 2.52. The molecule has 302 valence electrons. The molecule has 0 unspecified atom stereocenters. The molecule has 4 rings (SSSR count). The van der Waals surface area contributed by atoms with Gasteiger partial charge < -0.3 is 15.7 Å². The number of hydrogen-bond donors (Lipinski definition) is 2. The van der Waals surface area contributed by atoms with Gasteiger partial charge in [-0.05, 0) is 32.6 Å². The smallest absolute Gasteiger partial charge is 0.389 e. The van der Waals surface area contributed by atoms with Gasteiger partial charge in [-0.2, -0.15) is 44.7 Å². The Morgan fingerprint density at radius 3 is 1.50 bits per heavy atom. The maximum atomic E-state index is 13.7. The van der Waals surface area contributed by atoms with Crippen molar-refractivity contribution in [2.75, 3.05) is 0 Å². The third kappa shape index (κ3) is 18.4. The van der Waals surface area contributed by atoms with E-state index in [-0.39, 0.29) is 61.4 Å². The van der Waals surface area contributed by atoms with Gasteiger partial charge in [0, 0.05) is 44.1 Å². The van der Waals surface area contributed by atoms with Crippen molar-refractivity contribution in [2.24, 2.45) is 5.73 Å².